The quantitative estimate of drug-likeness (QED) is 0.464. The Morgan fingerprint density at radius 1 is 1.15 bits per heavy atom. The first-order chi connectivity index (χ1) is 13.0. The first-order valence-electron chi connectivity index (χ1n) is 7.99. The summed E-state index contributed by atoms with van der Waals surface area (Å²) in [4.78, 5) is 24.5. The highest BCUT2D eigenvalue weighted by atomic mass is 19.1. The predicted molar refractivity (Wildman–Crippen MR) is 94.9 cm³/mol. The molecule has 0 aliphatic carbocycles. The Labute approximate surface area is 153 Å². The fourth-order valence-corrected chi connectivity index (χ4v) is 2.46. The molecule has 0 spiro atoms. The van der Waals surface area contributed by atoms with Gasteiger partial charge in [0.15, 0.2) is 6.61 Å². The SMILES string of the molecule is O=C(COc1cc(F)ccc1[N+](=O)[O-])N(Cc1ccco1)c1ccccc1. The molecule has 0 fully saturated rings. The van der Waals surface area contributed by atoms with Crippen molar-refractivity contribution in [3.05, 3.63) is 88.6 Å². The molecule has 0 radical (unpaired) electrons. The minimum Gasteiger partial charge on any atom is -0.477 e. The van der Waals surface area contributed by atoms with Crippen molar-refractivity contribution in [2.75, 3.05) is 11.5 Å². The molecule has 138 valence electrons. The van der Waals surface area contributed by atoms with Gasteiger partial charge in [0.25, 0.3) is 5.91 Å². The molecule has 0 unspecified atom stereocenters. The first-order valence-corrected chi connectivity index (χ1v) is 7.99. The van der Waals surface area contributed by atoms with Gasteiger partial charge in [-0.15, -0.1) is 0 Å². The van der Waals surface area contributed by atoms with Gasteiger partial charge in [-0.2, -0.15) is 0 Å². The van der Waals surface area contributed by atoms with E-state index in [2.05, 4.69) is 0 Å². The predicted octanol–water partition coefficient (Wildman–Crippen LogP) is 3.94. The van der Waals surface area contributed by atoms with Gasteiger partial charge < -0.3 is 14.1 Å². The number of nitro benzene ring substituents is 1. The molecule has 2 aromatic carbocycles. The van der Waals surface area contributed by atoms with Crippen LogP contribution in [-0.2, 0) is 11.3 Å². The van der Waals surface area contributed by atoms with Crippen molar-refractivity contribution in [2.24, 2.45) is 0 Å². The van der Waals surface area contributed by atoms with Gasteiger partial charge in [0.05, 0.1) is 17.7 Å². The van der Waals surface area contributed by atoms with Gasteiger partial charge >= 0.3 is 5.69 Å². The molecule has 3 aromatic rings. The van der Waals surface area contributed by atoms with E-state index in [9.17, 15) is 19.3 Å². The van der Waals surface area contributed by atoms with Crippen molar-refractivity contribution in [2.45, 2.75) is 6.54 Å². The second kappa shape index (κ2) is 8.13. The summed E-state index contributed by atoms with van der Waals surface area (Å²) in [5.74, 6) is -0.905. The normalized spacial score (nSPS) is 10.4. The van der Waals surface area contributed by atoms with E-state index in [4.69, 9.17) is 9.15 Å². The molecule has 0 bridgehead atoms. The number of halogens is 1. The molecule has 1 aromatic heterocycles. The summed E-state index contributed by atoms with van der Waals surface area (Å²) in [5.41, 5.74) is 0.192. The molecule has 0 saturated carbocycles. The topological polar surface area (TPSA) is 85.8 Å². The number of carbonyl (C=O) groups excluding carboxylic acids is 1. The van der Waals surface area contributed by atoms with E-state index in [-0.39, 0.29) is 12.3 Å². The number of para-hydroxylation sites is 1. The van der Waals surface area contributed by atoms with E-state index >= 15 is 0 Å². The third kappa shape index (κ3) is 4.49. The molecule has 7 nitrogen and oxygen atoms in total. The van der Waals surface area contributed by atoms with Crippen LogP contribution in [0.4, 0.5) is 15.8 Å². The maximum atomic E-state index is 13.4. The fraction of sp³-hybridized carbons (Fsp3) is 0.105. The van der Waals surface area contributed by atoms with Crippen LogP contribution in [0.25, 0.3) is 0 Å². The third-order valence-corrected chi connectivity index (χ3v) is 3.73. The van der Waals surface area contributed by atoms with Crippen LogP contribution in [0.1, 0.15) is 5.76 Å². The van der Waals surface area contributed by atoms with Crippen LogP contribution in [0.2, 0.25) is 0 Å². The lowest BCUT2D eigenvalue weighted by Gasteiger charge is -2.22. The smallest absolute Gasteiger partial charge is 0.311 e. The number of nitro groups is 1. The summed E-state index contributed by atoms with van der Waals surface area (Å²) in [6.07, 6.45) is 1.50. The Hall–Kier alpha value is -3.68. The molecule has 0 atom stereocenters. The molecule has 0 saturated heterocycles. The number of anilines is 1. The Balaban J connectivity index is 1.79. The molecular formula is C19H15FN2O5. The lowest BCUT2D eigenvalue weighted by molar-refractivity contribution is -0.385. The third-order valence-electron chi connectivity index (χ3n) is 3.73. The lowest BCUT2D eigenvalue weighted by atomic mass is 10.2. The highest BCUT2D eigenvalue weighted by Crippen LogP contribution is 2.27. The Kier molecular flexibility index (Phi) is 5.46. The molecule has 1 heterocycles. The standard InChI is InChI=1S/C19H15FN2O5/c20-14-8-9-17(22(24)25)18(11-14)27-13-19(23)21(12-16-7-4-10-26-16)15-5-2-1-3-6-15/h1-11H,12-13H2. The molecular weight excluding hydrogens is 355 g/mol. The Morgan fingerprint density at radius 2 is 1.93 bits per heavy atom. The van der Waals surface area contributed by atoms with Crippen LogP contribution in [0, 0.1) is 15.9 Å². The van der Waals surface area contributed by atoms with Gasteiger partial charge in [-0.1, -0.05) is 18.2 Å². The number of ether oxygens (including phenoxy) is 1. The molecule has 0 aliphatic heterocycles. The lowest BCUT2D eigenvalue weighted by Crippen LogP contribution is -2.34. The molecule has 8 heteroatoms. The number of carbonyl (C=O) groups is 1. The van der Waals surface area contributed by atoms with Crippen molar-refractivity contribution in [3.63, 3.8) is 0 Å². The van der Waals surface area contributed by atoms with E-state index in [0.29, 0.717) is 11.4 Å². The first kappa shape index (κ1) is 18.1. The molecule has 1 amide bonds. The van der Waals surface area contributed by atoms with E-state index in [0.717, 1.165) is 18.2 Å². The summed E-state index contributed by atoms with van der Waals surface area (Å²) in [5, 5.41) is 11.0. The van der Waals surface area contributed by atoms with Crippen LogP contribution in [0.3, 0.4) is 0 Å². The van der Waals surface area contributed by atoms with Crippen molar-refractivity contribution in [1.82, 2.24) is 0 Å². The molecule has 0 N–H and O–H groups in total. The molecule has 3 rings (SSSR count). The van der Waals surface area contributed by atoms with Gasteiger partial charge in [0.1, 0.15) is 11.6 Å². The summed E-state index contributed by atoms with van der Waals surface area (Å²) in [7, 11) is 0. The van der Waals surface area contributed by atoms with E-state index in [1.807, 2.05) is 6.07 Å². The Morgan fingerprint density at radius 3 is 2.59 bits per heavy atom. The number of hydrogen-bond acceptors (Lipinski definition) is 5. The minimum absolute atomic E-state index is 0.157. The van der Waals surface area contributed by atoms with Gasteiger partial charge in [-0.25, -0.2) is 4.39 Å². The second-order valence-corrected chi connectivity index (χ2v) is 5.55. The Bertz CT molecular complexity index is 929. The van der Waals surface area contributed by atoms with Gasteiger partial charge in [-0.05, 0) is 30.3 Å². The van der Waals surface area contributed by atoms with Crippen molar-refractivity contribution in [3.8, 4) is 5.75 Å². The fourth-order valence-electron chi connectivity index (χ4n) is 2.46. The van der Waals surface area contributed by atoms with Gasteiger partial charge in [-0.3, -0.25) is 14.9 Å². The maximum Gasteiger partial charge on any atom is 0.311 e. The van der Waals surface area contributed by atoms with Gasteiger partial charge in [0.2, 0.25) is 5.75 Å². The van der Waals surface area contributed by atoms with Crippen molar-refractivity contribution < 1.29 is 23.3 Å². The molecule has 0 aliphatic rings. The number of benzene rings is 2. The van der Waals surface area contributed by atoms with E-state index in [1.165, 1.54) is 11.2 Å². The largest absolute Gasteiger partial charge is 0.477 e. The van der Waals surface area contributed by atoms with E-state index in [1.54, 1.807) is 36.4 Å². The van der Waals surface area contributed by atoms with Crippen LogP contribution in [0.15, 0.2) is 71.3 Å². The van der Waals surface area contributed by atoms with Gasteiger partial charge in [0, 0.05) is 17.8 Å². The average molecular weight is 370 g/mol. The zero-order valence-electron chi connectivity index (χ0n) is 14.1. The highest BCUT2D eigenvalue weighted by Gasteiger charge is 2.21. The number of nitrogens with zero attached hydrogens (tertiary/aromatic N) is 2. The van der Waals surface area contributed by atoms with Crippen LogP contribution in [0.5, 0.6) is 5.75 Å². The van der Waals surface area contributed by atoms with E-state index < -0.39 is 28.9 Å². The number of furan rings is 1. The summed E-state index contributed by atoms with van der Waals surface area (Å²) in [6, 6.07) is 15.1. The van der Waals surface area contributed by atoms with Crippen LogP contribution in [-0.4, -0.2) is 17.4 Å². The zero-order valence-corrected chi connectivity index (χ0v) is 14.1. The summed E-state index contributed by atoms with van der Waals surface area (Å²) < 4.78 is 24.0. The maximum absolute atomic E-state index is 13.4. The second-order valence-electron chi connectivity index (χ2n) is 5.55. The monoisotopic (exact) mass is 370 g/mol. The molecule has 27 heavy (non-hydrogen) atoms. The highest BCUT2D eigenvalue weighted by molar-refractivity contribution is 5.94. The minimum atomic E-state index is -0.697. The number of hydrogen-bond donors (Lipinski definition) is 0. The van der Waals surface area contributed by atoms with Crippen LogP contribution < -0.4 is 9.64 Å². The zero-order chi connectivity index (χ0) is 19.2. The number of amides is 1. The van der Waals surface area contributed by atoms with Crippen molar-refractivity contribution >= 4 is 17.3 Å². The average Bonchev–Trinajstić information content (AvgIpc) is 3.18. The summed E-state index contributed by atoms with van der Waals surface area (Å²) in [6.45, 7) is -0.343. The van der Waals surface area contributed by atoms with Crippen LogP contribution >= 0.6 is 0 Å². The van der Waals surface area contributed by atoms with Crippen molar-refractivity contribution in [1.29, 1.82) is 0 Å². The number of rotatable bonds is 7. The summed E-state index contributed by atoms with van der Waals surface area (Å²) >= 11 is 0.